The van der Waals surface area contributed by atoms with Gasteiger partial charge in [-0.15, -0.1) is 0 Å². The molecule has 21 heavy (non-hydrogen) atoms. The van der Waals surface area contributed by atoms with Crippen molar-refractivity contribution in [2.75, 3.05) is 0 Å². The first-order valence-electron chi connectivity index (χ1n) is 6.31. The number of aliphatic hydroxyl groups excluding tert-OH is 1. The average molecular weight is 461 g/mol. The number of benzene rings is 1. The topological polar surface area (TPSA) is 50.2 Å². The Kier molecular flexibility index (Phi) is 10.0. The third kappa shape index (κ3) is 9.72. The first-order chi connectivity index (χ1) is 9.58. The van der Waals surface area contributed by atoms with Crippen LogP contribution >= 0.6 is 0 Å². The van der Waals surface area contributed by atoms with E-state index in [1.165, 1.54) is 25.5 Å². The van der Waals surface area contributed by atoms with E-state index in [-0.39, 0.29) is 31.6 Å². The molecule has 1 N–H and O–H groups in total. The maximum absolute atomic E-state index is 10.0. The molecule has 3 nitrogen and oxygen atoms in total. The largest absolute Gasteiger partial charge is 0.512 e. The molecule has 0 amide bonds. The number of aromatic nitrogens is 1. The molecule has 0 aliphatic rings. The molecule has 0 saturated heterocycles. The van der Waals surface area contributed by atoms with Crippen molar-refractivity contribution in [3.63, 3.8) is 0 Å². The van der Waals surface area contributed by atoms with Gasteiger partial charge in [0, 0.05) is 38.1 Å². The molecule has 0 aliphatic heterocycles. The van der Waals surface area contributed by atoms with Crippen LogP contribution in [0.1, 0.15) is 25.1 Å². The summed E-state index contributed by atoms with van der Waals surface area (Å²) in [7, 11) is 0. The van der Waals surface area contributed by atoms with Gasteiger partial charge in [0.1, 0.15) is 0 Å². The molecule has 2 aromatic rings. The Labute approximate surface area is 139 Å². The fourth-order valence-corrected chi connectivity index (χ4v) is 1.53. The Bertz CT molecular complexity index is 512. The van der Waals surface area contributed by atoms with E-state index in [1.807, 2.05) is 42.6 Å². The monoisotopic (exact) mass is 461 g/mol. The van der Waals surface area contributed by atoms with E-state index in [2.05, 4.69) is 17.1 Å². The molecule has 0 saturated carbocycles. The second-order valence-corrected chi connectivity index (χ2v) is 4.28. The minimum Gasteiger partial charge on any atom is -0.512 e. The molecule has 0 atom stereocenters. The van der Waals surface area contributed by atoms with Gasteiger partial charge >= 0.3 is 0 Å². The van der Waals surface area contributed by atoms with E-state index in [0.29, 0.717) is 0 Å². The second kappa shape index (κ2) is 11.0. The van der Waals surface area contributed by atoms with Crippen LogP contribution in [0.3, 0.4) is 0 Å². The molecule has 0 aliphatic carbocycles. The zero-order valence-corrected chi connectivity index (χ0v) is 14.4. The number of ketones is 1. The first-order valence-corrected chi connectivity index (χ1v) is 6.31. The maximum atomic E-state index is 10.0. The van der Waals surface area contributed by atoms with Gasteiger partial charge in [-0.1, -0.05) is 6.07 Å². The second-order valence-electron chi connectivity index (χ2n) is 4.28. The van der Waals surface area contributed by atoms with Gasteiger partial charge in [0.15, 0.2) is 5.78 Å². The molecule has 0 fully saturated rings. The Balaban J connectivity index is 0.000000436. The van der Waals surface area contributed by atoms with Gasteiger partial charge in [-0.3, -0.25) is 9.78 Å². The molecule has 113 valence electrons. The van der Waals surface area contributed by atoms with Crippen molar-refractivity contribution >= 4 is 5.78 Å². The first kappa shape index (κ1) is 19.2. The van der Waals surface area contributed by atoms with Crippen molar-refractivity contribution in [1.82, 2.24) is 4.98 Å². The van der Waals surface area contributed by atoms with E-state index < -0.39 is 0 Å². The van der Waals surface area contributed by atoms with Crippen molar-refractivity contribution in [1.29, 1.82) is 0 Å². The smallest absolute Gasteiger partial charge is 0.155 e. The van der Waals surface area contributed by atoms with Gasteiger partial charge < -0.3 is 5.11 Å². The van der Waals surface area contributed by atoms with Crippen LogP contribution < -0.4 is 0 Å². The van der Waals surface area contributed by atoms with Gasteiger partial charge in [0.2, 0.25) is 0 Å². The van der Waals surface area contributed by atoms with Gasteiger partial charge in [-0.2, -0.15) is 35.9 Å². The summed E-state index contributed by atoms with van der Waals surface area (Å²) in [5.74, 6) is -0.0625. The fourth-order valence-electron chi connectivity index (χ4n) is 1.53. The van der Waals surface area contributed by atoms with Crippen molar-refractivity contribution in [2.24, 2.45) is 0 Å². The molecule has 1 radical (unpaired) electrons. The third-order valence-corrected chi connectivity index (χ3v) is 2.28. The number of hydrogen-bond donors (Lipinski definition) is 1. The molecule has 0 spiro atoms. The summed E-state index contributed by atoms with van der Waals surface area (Å²) >= 11 is 0. The Hall–Kier alpha value is -1.77. The summed E-state index contributed by atoms with van der Waals surface area (Å²) in [4.78, 5) is 14.3. The number of rotatable bonds is 3. The van der Waals surface area contributed by atoms with Crippen LogP contribution in [0.5, 0.6) is 0 Å². The molecule has 1 aromatic carbocycles. The van der Waals surface area contributed by atoms with Crippen molar-refractivity contribution in [3.8, 4) is 0 Å². The number of aliphatic hydroxyl groups is 1. The number of carbonyl (C=O) groups is 1. The predicted octanol–water partition coefficient (Wildman–Crippen LogP) is 3.51. The Morgan fingerprint density at radius 3 is 2.38 bits per heavy atom. The van der Waals surface area contributed by atoms with Crippen LogP contribution in [0.25, 0.3) is 0 Å². The summed E-state index contributed by atoms with van der Waals surface area (Å²) < 4.78 is 0. The third-order valence-electron chi connectivity index (χ3n) is 2.28. The number of carbonyl (C=O) groups excluding carboxylic acids is 1. The number of hydrogen-bond acceptors (Lipinski definition) is 3. The summed E-state index contributed by atoms with van der Waals surface area (Å²) in [6.45, 7) is 2.85. The number of nitrogens with zero attached hydrogens (tertiary/aromatic N) is 1. The van der Waals surface area contributed by atoms with Gasteiger partial charge in [0.25, 0.3) is 0 Å². The molecule has 1 heterocycles. The van der Waals surface area contributed by atoms with Crippen LogP contribution in [0.2, 0.25) is 0 Å². The van der Waals surface area contributed by atoms with E-state index >= 15 is 0 Å². The van der Waals surface area contributed by atoms with Gasteiger partial charge in [-0.05, 0) is 32.4 Å². The molecule has 1 aromatic heterocycles. The van der Waals surface area contributed by atoms with Crippen LogP contribution in [-0.4, -0.2) is 15.9 Å². The zero-order valence-electron chi connectivity index (χ0n) is 12.0. The summed E-state index contributed by atoms with van der Waals surface area (Å²) in [6, 6.07) is 17.1. The van der Waals surface area contributed by atoms with Crippen LogP contribution in [0.4, 0.5) is 0 Å². The maximum Gasteiger partial charge on any atom is 0.155 e. The van der Waals surface area contributed by atoms with Crippen molar-refractivity contribution < 1.29 is 30.0 Å². The number of pyridine rings is 1. The summed E-state index contributed by atoms with van der Waals surface area (Å²) in [5, 5.41) is 8.36. The Morgan fingerprint density at radius 1 is 1.24 bits per heavy atom. The van der Waals surface area contributed by atoms with Crippen LogP contribution in [0.15, 0.2) is 60.5 Å². The standard InChI is InChI=1S/C12H10N.C5H8O2.Ir/c1-2-6-11(7-3-1)10-12-8-4-5-9-13-12;1-4(6)3-5(2)7;/h1-6,8-9H,10H2;3,6H,1-2H3;/q-1;;/b;4-3-;. The van der Waals surface area contributed by atoms with Crippen molar-refractivity contribution in [3.05, 3.63) is 77.8 Å². The van der Waals surface area contributed by atoms with Crippen molar-refractivity contribution in [2.45, 2.75) is 20.3 Å². The van der Waals surface area contributed by atoms with Crippen LogP contribution in [0, 0.1) is 6.07 Å². The van der Waals surface area contributed by atoms with E-state index in [1.54, 1.807) is 0 Å². The fraction of sp³-hybridized carbons (Fsp3) is 0.176. The number of allylic oxidation sites excluding steroid dienone is 2. The molecule has 4 heteroatoms. The molecular weight excluding hydrogens is 442 g/mol. The SMILES string of the molecule is CC(=O)/C=C(/C)O.[Ir].[c-]1ccccc1Cc1ccccn1. The summed E-state index contributed by atoms with van der Waals surface area (Å²) in [6.07, 6.45) is 3.85. The van der Waals surface area contributed by atoms with E-state index in [9.17, 15) is 4.79 Å². The molecule has 0 bridgehead atoms. The molecule has 2 rings (SSSR count). The van der Waals surface area contributed by atoms with Crippen LogP contribution in [-0.2, 0) is 31.3 Å². The van der Waals surface area contributed by atoms with E-state index in [0.717, 1.165) is 12.1 Å². The minimum atomic E-state index is -0.125. The molecular formula is C17H18IrNO2-. The zero-order chi connectivity index (χ0) is 14.8. The van der Waals surface area contributed by atoms with Gasteiger partial charge in [0.05, 0.1) is 5.76 Å². The van der Waals surface area contributed by atoms with E-state index in [4.69, 9.17) is 5.11 Å². The van der Waals surface area contributed by atoms with Gasteiger partial charge in [-0.25, -0.2) is 0 Å². The normalized spacial score (nSPS) is 9.90. The quantitative estimate of drug-likeness (QED) is 0.433. The Morgan fingerprint density at radius 2 is 1.95 bits per heavy atom. The molecule has 0 unspecified atom stereocenters. The minimum absolute atomic E-state index is 0. The average Bonchev–Trinajstić information content (AvgIpc) is 2.40. The predicted molar refractivity (Wildman–Crippen MR) is 79.4 cm³/mol. The summed E-state index contributed by atoms with van der Waals surface area (Å²) in [5.41, 5.74) is 2.27.